The summed E-state index contributed by atoms with van der Waals surface area (Å²) < 4.78 is 5.25. The van der Waals surface area contributed by atoms with Crippen molar-refractivity contribution in [3.63, 3.8) is 0 Å². The lowest BCUT2D eigenvalue weighted by Crippen LogP contribution is -2.45. The second-order valence-corrected chi connectivity index (χ2v) is 7.60. The molecule has 0 saturated carbocycles. The van der Waals surface area contributed by atoms with E-state index in [0.717, 1.165) is 5.56 Å². The lowest BCUT2D eigenvalue weighted by Gasteiger charge is -2.19. The van der Waals surface area contributed by atoms with Gasteiger partial charge in [0.25, 0.3) is 5.91 Å². The second kappa shape index (κ2) is 8.77. The maximum atomic E-state index is 12.4. The van der Waals surface area contributed by atoms with Crippen LogP contribution in [-0.4, -0.2) is 29.0 Å². The number of hydrogen-bond donors (Lipinski definition) is 2. The minimum absolute atomic E-state index is 0.112. The maximum absolute atomic E-state index is 12.4. The van der Waals surface area contributed by atoms with Gasteiger partial charge in [0.1, 0.15) is 5.01 Å². The molecule has 2 aromatic rings. The third-order valence-corrected chi connectivity index (χ3v) is 4.77. The highest BCUT2D eigenvalue weighted by Gasteiger charge is 2.28. The molecule has 1 aromatic heterocycles. The molecular formula is C19H23N3O4S. The Morgan fingerprint density at radius 1 is 1.11 bits per heavy atom. The number of urea groups is 1. The number of primary amides is 1. The van der Waals surface area contributed by atoms with Crippen LogP contribution in [0.2, 0.25) is 0 Å². The number of esters is 1. The lowest BCUT2D eigenvalue weighted by atomic mass is 10.0. The van der Waals surface area contributed by atoms with E-state index in [1.807, 2.05) is 29.6 Å². The predicted octanol–water partition coefficient (Wildman–Crippen LogP) is 3.31. The van der Waals surface area contributed by atoms with Crippen molar-refractivity contribution in [1.29, 1.82) is 0 Å². The van der Waals surface area contributed by atoms with Crippen LogP contribution in [0.4, 0.5) is 4.79 Å². The fraction of sp³-hybridized carbons (Fsp3) is 0.368. The molecule has 2 rings (SSSR count). The third kappa shape index (κ3) is 5.37. The fourth-order valence-electron chi connectivity index (χ4n) is 2.37. The van der Waals surface area contributed by atoms with Gasteiger partial charge in [0, 0.05) is 10.9 Å². The Kier molecular flexibility index (Phi) is 6.68. The van der Waals surface area contributed by atoms with Crippen LogP contribution in [0.15, 0.2) is 29.6 Å². The number of imide groups is 1. The zero-order chi connectivity index (χ0) is 20.1. The monoisotopic (exact) mass is 389 g/mol. The van der Waals surface area contributed by atoms with Crippen molar-refractivity contribution < 1.29 is 19.1 Å². The number of carbonyl (C=O) groups is 3. The SMILES string of the molecule is CC(C)c1ccc(-c2nc(C(=O)OC(C(=O)NC(N)=O)C(C)C)cs2)cc1. The van der Waals surface area contributed by atoms with E-state index in [9.17, 15) is 14.4 Å². The fourth-order valence-corrected chi connectivity index (χ4v) is 3.17. The number of benzene rings is 1. The van der Waals surface area contributed by atoms with Crippen molar-refractivity contribution >= 4 is 29.2 Å². The average Bonchev–Trinajstić information content (AvgIpc) is 3.08. The predicted molar refractivity (Wildman–Crippen MR) is 103 cm³/mol. The van der Waals surface area contributed by atoms with Gasteiger partial charge in [-0.2, -0.15) is 0 Å². The molecule has 1 aromatic carbocycles. The molecule has 0 aliphatic carbocycles. The Balaban J connectivity index is 2.13. The summed E-state index contributed by atoms with van der Waals surface area (Å²) in [6.45, 7) is 7.63. The quantitative estimate of drug-likeness (QED) is 0.736. The van der Waals surface area contributed by atoms with Gasteiger partial charge in [-0.25, -0.2) is 14.6 Å². The largest absolute Gasteiger partial charge is 0.447 e. The molecule has 144 valence electrons. The molecule has 0 aliphatic heterocycles. The number of thiazole rings is 1. The van der Waals surface area contributed by atoms with Crippen molar-refractivity contribution in [2.24, 2.45) is 11.7 Å². The molecule has 8 heteroatoms. The molecule has 1 unspecified atom stereocenters. The van der Waals surface area contributed by atoms with Crippen LogP contribution < -0.4 is 11.1 Å². The van der Waals surface area contributed by atoms with Gasteiger partial charge in [-0.05, 0) is 17.4 Å². The highest BCUT2D eigenvalue weighted by molar-refractivity contribution is 7.13. The van der Waals surface area contributed by atoms with E-state index in [1.54, 1.807) is 19.2 Å². The van der Waals surface area contributed by atoms with E-state index < -0.39 is 24.0 Å². The second-order valence-electron chi connectivity index (χ2n) is 6.74. The Labute approximate surface area is 161 Å². The summed E-state index contributed by atoms with van der Waals surface area (Å²) in [4.78, 5) is 39.5. The Morgan fingerprint density at radius 3 is 2.26 bits per heavy atom. The minimum Gasteiger partial charge on any atom is -0.447 e. The summed E-state index contributed by atoms with van der Waals surface area (Å²) in [6, 6.07) is 6.98. The summed E-state index contributed by atoms with van der Waals surface area (Å²) in [6.07, 6.45) is -1.14. The summed E-state index contributed by atoms with van der Waals surface area (Å²) in [5.41, 5.74) is 7.18. The number of nitrogens with zero attached hydrogens (tertiary/aromatic N) is 1. The van der Waals surface area contributed by atoms with Crippen LogP contribution in [0.3, 0.4) is 0 Å². The number of ether oxygens (including phenoxy) is 1. The normalized spacial score (nSPS) is 12.1. The zero-order valence-corrected chi connectivity index (χ0v) is 16.5. The Morgan fingerprint density at radius 2 is 1.74 bits per heavy atom. The summed E-state index contributed by atoms with van der Waals surface area (Å²) in [7, 11) is 0. The van der Waals surface area contributed by atoms with Crippen LogP contribution in [-0.2, 0) is 9.53 Å². The van der Waals surface area contributed by atoms with Crippen molar-refractivity contribution in [3.05, 3.63) is 40.9 Å². The van der Waals surface area contributed by atoms with Crippen LogP contribution in [0.1, 0.15) is 49.7 Å². The van der Waals surface area contributed by atoms with Gasteiger partial charge in [0.2, 0.25) is 0 Å². The van der Waals surface area contributed by atoms with Gasteiger partial charge >= 0.3 is 12.0 Å². The number of rotatable bonds is 6. The Hall–Kier alpha value is -2.74. The smallest absolute Gasteiger partial charge is 0.358 e. The molecule has 27 heavy (non-hydrogen) atoms. The van der Waals surface area contributed by atoms with Gasteiger partial charge < -0.3 is 10.5 Å². The van der Waals surface area contributed by atoms with Crippen molar-refractivity contribution in [3.8, 4) is 10.6 Å². The first kappa shape index (κ1) is 20.6. The number of amides is 3. The van der Waals surface area contributed by atoms with Crippen LogP contribution >= 0.6 is 11.3 Å². The van der Waals surface area contributed by atoms with Crippen LogP contribution in [0.5, 0.6) is 0 Å². The topological polar surface area (TPSA) is 111 Å². The number of hydrogen-bond acceptors (Lipinski definition) is 6. The molecule has 1 heterocycles. The van der Waals surface area contributed by atoms with Crippen molar-refractivity contribution in [1.82, 2.24) is 10.3 Å². The first-order chi connectivity index (χ1) is 12.7. The van der Waals surface area contributed by atoms with E-state index in [2.05, 4.69) is 18.8 Å². The molecule has 0 bridgehead atoms. The van der Waals surface area contributed by atoms with Gasteiger partial charge in [-0.1, -0.05) is 52.0 Å². The number of carbonyl (C=O) groups excluding carboxylic acids is 3. The summed E-state index contributed by atoms with van der Waals surface area (Å²) >= 11 is 1.31. The molecule has 0 radical (unpaired) electrons. The number of nitrogens with one attached hydrogen (secondary N) is 1. The molecule has 0 fully saturated rings. The molecular weight excluding hydrogens is 366 g/mol. The third-order valence-electron chi connectivity index (χ3n) is 3.88. The molecule has 1 atom stereocenters. The molecule has 0 aliphatic rings. The molecule has 0 saturated heterocycles. The summed E-state index contributed by atoms with van der Waals surface area (Å²) in [5.74, 6) is -1.39. The highest BCUT2D eigenvalue weighted by Crippen LogP contribution is 2.26. The standard InChI is InChI=1S/C19H23N3O4S/c1-10(2)12-5-7-13(8-6-12)17-21-14(9-27-17)18(24)26-15(11(3)4)16(23)22-19(20)25/h5-11,15H,1-4H3,(H3,20,22,23,25). The van der Waals surface area contributed by atoms with Gasteiger partial charge in [-0.15, -0.1) is 11.3 Å². The first-order valence-electron chi connectivity index (χ1n) is 8.56. The Bertz CT molecular complexity index is 828. The first-order valence-corrected chi connectivity index (χ1v) is 9.44. The molecule has 3 amide bonds. The average molecular weight is 389 g/mol. The van der Waals surface area contributed by atoms with Crippen LogP contribution in [0, 0.1) is 5.92 Å². The molecule has 0 spiro atoms. The van der Waals surface area contributed by atoms with Crippen molar-refractivity contribution in [2.75, 3.05) is 0 Å². The molecule has 7 nitrogen and oxygen atoms in total. The van der Waals surface area contributed by atoms with Crippen LogP contribution in [0.25, 0.3) is 10.6 Å². The lowest BCUT2D eigenvalue weighted by molar-refractivity contribution is -0.130. The summed E-state index contributed by atoms with van der Waals surface area (Å²) in [5, 5.41) is 4.19. The van der Waals surface area contributed by atoms with Gasteiger partial charge in [0.05, 0.1) is 0 Å². The van der Waals surface area contributed by atoms with E-state index in [4.69, 9.17) is 10.5 Å². The molecule has 3 N–H and O–H groups in total. The number of nitrogens with two attached hydrogens (primary N) is 1. The maximum Gasteiger partial charge on any atom is 0.358 e. The van der Waals surface area contributed by atoms with Gasteiger partial charge in [-0.3, -0.25) is 10.1 Å². The van der Waals surface area contributed by atoms with E-state index in [-0.39, 0.29) is 11.6 Å². The van der Waals surface area contributed by atoms with E-state index in [0.29, 0.717) is 10.9 Å². The minimum atomic E-state index is -1.14. The zero-order valence-electron chi connectivity index (χ0n) is 15.7. The number of aromatic nitrogens is 1. The van der Waals surface area contributed by atoms with E-state index in [1.165, 1.54) is 16.9 Å². The van der Waals surface area contributed by atoms with E-state index >= 15 is 0 Å². The van der Waals surface area contributed by atoms with Gasteiger partial charge in [0.15, 0.2) is 11.8 Å². The highest BCUT2D eigenvalue weighted by atomic mass is 32.1. The van der Waals surface area contributed by atoms with Crippen molar-refractivity contribution in [2.45, 2.75) is 39.7 Å².